The fraction of sp³-hybridized carbons (Fsp3) is 0.185. The van der Waals surface area contributed by atoms with E-state index in [2.05, 4.69) is 62.4 Å². The summed E-state index contributed by atoms with van der Waals surface area (Å²) in [6.45, 7) is 7.29. The van der Waals surface area contributed by atoms with Crippen molar-refractivity contribution in [1.82, 2.24) is 4.98 Å². The molecule has 3 nitrogen and oxygen atoms in total. The zero-order valence-corrected chi connectivity index (χ0v) is 21.8. The third-order valence-corrected chi connectivity index (χ3v) is 5.74. The van der Waals surface area contributed by atoms with Gasteiger partial charge in [0.2, 0.25) is 0 Å². The van der Waals surface area contributed by atoms with Crippen molar-refractivity contribution in [3.8, 4) is 21.7 Å². The molecule has 167 valence electrons. The number of hydrogen-bond acceptors (Lipinski definition) is 4. The first-order valence-corrected chi connectivity index (χ1v) is 11.0. The first-order chi connectivity index (χ1) is 14.8. The van der Waals surface area contributed by atoms with Gasteiger partial charge in [-0.15, -0.1) is 47.2 Å². The summed E-state index contributed by atoms with van der Waals surface area (Å²) < 4.78 is 0. The van der Waals surface area contributed by atoms with Crippen molar-refractivity contribution in [2.24, 2.45) is 0 Å². The minimum Gasteiger partial charge on any atom is -0.512 e. The fourth-order valence-corrected chi connectivity index (χ4v) is 4.13. The standard InChI is InChI=1S/C22H18NS.C5H8O2.Ir/c1-15(2)16-8-10-18(11-9-16)21-14-19-12-13-20(23-22(19)24-21)17-6-4-3-5-7-17;1-4(6)3-5(2)7;/h3-6,8-15H,1-2H3;3,6H,1-2H3;/q-1;;/b;4-3-;. The van der Waals surface area contributed by atoms with Crippen molar-refractivity contribution < 1.29 is 30.0 Å². The molecule has 0 spiro atoms. The van der Waals surface area contributed by atoms with Crippen molar-refractivity contribution in [2.75, 3.05) is 0 Å². The minimum absolute atomic E-state index is 0. The SMILES string of the molecule is CC(=O)/C=C(/C)O.CC(C)c1ccc(-c2cc3ccc(-c4[c-]cccc4)nc3s2)cc1.[Ir]. The van der Waals surface area contributed by atoms with Gasteiger partial charge in [-0.3, -0.25) is 9.78 Å². The molecule has 0 unspecified atom stereocenters. The molecule has 0 aliphatic rings. The molecule has 5 heteroatoms. The van der Waals surface area contributed by atoms with Gasteiger partial charge in [-0.2, -0.15) is 0 Å². The van der Waals surface area contributed by atoms with Gasteiger partial charge in [0.25, 0.3) is 0 Å². The molecule has 2 aromatic carbocycles. The summed E-state index contributed by atoms with van der Waals surface area (Å²) in [5.74, 6) is 0.500. The summed E-state index contributed by atoms with van der Waals surface area (Å²) in [5, 5.41) is 9.56. The van der Waals surface area contributed by atoms with Crippen molar-refractivity contribution in [3.05, 3.63) is 90.2 Å². The van der Waals surface area contributed by atoms with Crippen LogP contribution in [-0.2, 0) is 24.9 Å². The first kappa shape index (κ1) is 25.7. The zero-order chi connectivity index (χ0) is 22.4. The maximum Gasteiger partial charge on any atom is 0.155 e. The molecule has 32 heavy (non-hydrogen) atoms. The van der Waals surface area contributed by atoms with Crippen molar-refractivity contribution in [2.45, 2.75) is 33.6 Å². The van der Waals surface area contributed by atoms with E-state index in [1.54, 1.807) is 11.3 Å². The molecule has 4 rings (SSSR count). The number of carbonyl (C=O) groups excluding carboxylic acids is 1. The van der Waals surface area contributed by atoms with Crippen LogP contribution in [-0.4, -0.2) is 15.9 Å². The smallest absolute Gasteiger partial charge is 0.155 e. The predicted octanol–water partition coefficient (Wildman–Crippen LogP) is 7.59. The number of ketones is 1. The number of pyridine rings is 1. The van der Waals surface area contributed by atoms with Gasteiger partial charge in [0.1, 0.15) is 4.83 Å². The van der Waals surface area contributed by atoms with Crippen molar-refractivity contribution in [3.63, 3.8) is 0 Å². The van der Waals surface area contributed by atoms with Crippen LogP contribution in [0.5, 0.6) is 0 Å². The van der Waals surface area contributed by atoms with E-state index in [0.717, 1.165) is 16.1 Å². The van der Waals surface area contributed by atoms with Crippen molar-refractivity contribution in [1.29, 1.82) is 0 Å². The number of allylic oxidation sites excluding steroid dienone is 2. The molecular weight excluding hydrogens is 595 g/mol. The number of benzene rings is 2. The second kappa shape index (κ2) is 11.9. The summed E-state index contributed by atoms with van der Waals surface area (Å²) in [6, 6.07) is 26.6. The van der Waals surface area contributed by atoms with Gasteiger partial charge < -0.3 is 5.11 Å². The number of rotatable bonds is 4. The first-order valence-electron chi connectivity index (χ1n) is 10.2. The average molecular weight is 621 g/mol. The summed E-state index contributed by atoms with van der Waals surface area (Å²) in [4.78, 5) is 17.2. The van der Waals surface area contributed by atoms with Crippen LogP contribution in [0, 0.1) is 6.07 Å². The minimum atomic E-state index is -0.125. The fourth-order valence-electron chi connectivity index (χ4n) is 3.09. The topological polar surface area (TPSA) is 50.2 Å². The quantitative estimate of drug-likeness (QED) is 0.145. The molecule has 0 amide bonds. The molecule has 0 saturated carbocycles. The number of hydrogen-bond donors (Lipinski definition) is 1. The average Bonchev–Trinajstić information content (AvgIpc) is 3.17. The zero-order valence-electron chi connectivity index (χ0n) is 18.5. The summed E-state index contributed by atoms with van der Waals surface area (Å²) in [7, 11) is 0. The Morgan fingerprint density at radius 3 is 2.31 bits per heavy atom. The van der Waals surface area contributed by atoms with Crippen LogP contribution in [0.4, 0.5) is 0 Å². The number of aliphatic hydroxyl groups is 1. The van der Waals surface area contributed by atoms with Crippen LogP contribution in [0.3, 0.4) is 0 Å². The van der Waals surface area contributed by atoms with E-state index in [-0.39, 0.29) is 31.6 Å². The van der Waals surface area contributed by atoms with Crippen LogP contribution >= 0.6 is 11.3 Å². The van der Waals surface area contributed by atoms with Gasteiger partial charge in [0.15, 0.2) is 5.78 Å². The summed E-state index contributed by atoms with van der Waals surface area (Å²) in [5.41, 5.74) is 4.65. The van der Waals surface area contributed by atoms with Gasteiger partial charge >= 0.3 is 0 Å². The molecule has 1 radical (unpaired) electrons. The Morgan fingerprint density at radius 1 is 1.06 bits per heavy atom. The molecule has 0 saturated heterocycles. The van der Waals surface area contributed by atoms with E-state index < -0.39 is 0 Å². The largest absolute Gasteiger partial charge is 0.512 e. The molecule has 0 aliphatic heterocycles. The Morgan fingerprint density at radius 2 is 1.78 bits per heavy atom. The molecule has 4 aromatic rings. The molecule has 0 atom stereocenters. The van der Waals surface area contributed by atoms with Crippen LogP contribution < -0.4 is 0 Å². The maximum absolute atomic E-state index is 10.0. The van der Waals surface area contributed by atoms with E-state index in [0.29, 0.717) is 5.92 Å². The Balaban J connectivity index is 0.000000398. The molecule has 2 heterocycles. The van der Waals surface area contributed by atoms with E-state index >= 15 is 0 Å². The van der Waals surface area contributed by atoms with E-state index in [9.17, 15) is 4.79 Å². The third kappa shape index (κ3) is 6.96. The number of aliphatic hydroxyl groups excluding tert-OH is 1. The summed E-state index contributed by atoms with van der Waals surface area (Å²) in [6.07, 6.45) is 1.17. The van der Waals surface area contributed by atoms with E-state index in [4.69, 9.17) is 10.1 Å². The van der Waals surface area contributed by atoms with Gasteiger partial charge in [-0.05, 0) is 42.7 Å². The second-order valence-electron chi connectivity index (χ2n) is 7.65. The van der Waals surface area contributed by atoms with Crippen LogP contribution in [0.1, 0.15) is 39.2 Å². The van der Waals surface area contributed by atoms with Gasteiger partial charge in [-0.25, -0.2) is 0 Å². The number of thiophene rings is 1. The second-order valence-corrected chi connectivity index (χ2v) is 8.68. The predicted molar refractivity (Wildman–Crippen MR) is 130 cm³/mol. The van der Waals surface area contributed by atoms with Gasteiger partial charge in [-0.1, -0.05) is 50.2 Å². The number of nitrogens with zero attached hydrogens (tertiary/aromatic N) is 1. The molecule has 0 fully saturated rings. The Hall–Kier alpha value is -2.59. The molecule has 1 N–H and O–H groups in total. The van der Waals surface area contributed by atoms with Crippen LogP contribution in [0.2, 0.25) is 0 Å². The number of aromatic nitrogens is 1. The molecule has 0 bridgehead atoms. The van der Waals surface area contributed by atoms with Gasteiger partial charge in [0.05, 0.1) is 5.76 Å². The van der Waals surface area contributed by atoms with E-state index in [1.165, 1.54) is 41.3 Å². The maximum atomic E-state index is 10.0. The van der Waals surface area contributed by atoms with Crippen molar-refractivity contribution >= 4 is 27.3 Å². The molecule has 0 aliphatic carbocycles. The Kier molecular flexibility index (Phi) is 9.52. The number of carbonyl (C=O) groups is 1. The Bertz CT molecular complexity index is 1190. The normalized spacial score (nSPS) is 11.0. The molecular formula is C27H26IrNO2S-. The van der Waals surface area contributed by atoms with Crippen LogP contribution in [0.15, 0.2) is 78.6 Å². The number of fused-ring (bicyclic) bond motifs is 1. The summed E-state index contributed by atoms with van der Waals surface area (Å²) >= 11 is 1.75. The van der Waals surface area contributed by atoms with Crippen LogP contribution in [0.25, 0.3) is 31.9 Å². The monoisotopic (exact) mass is 621 g/mol. The molecule has 2 aromatic heterocycles. The third-order valence-electron chi connectivity index (χ3n) is 4.64. The van der Waals surface area contributed by atoms with Gasteiger partial charge in [0, 0.05) is 36.4 Å². The van der Waals surface area contributed by atoms with E-state index in [1.807, 2.05) is 24.3 Å². The Labute approximate surface area is 207 Å².